The summed E-state index contributed by atoms with van der Waals surface area (Å²) in [6, 6.07) is 0. The summed E-state index contributed by atoms with van der Waals surface area (Å²) in [5, 5.41) is 4.12. The van der Waals surface area contributed by atoms with E-state index in [1.807, 2.05) is 35.9 Å². The molecule has 3 nitrogen and oxygen atoms in total. The van der Waals surface area contributed by atoms with Crippen LogP contribution in [0.2, 0.25) is 0 Å². The predicted octanol–water partition coefficient (Wildman–Crippen LogP) is 1.89. The summed E-state index contributed by atoms with van der Waals surface area (Å²) in [6.45, 7) is 5.16. The van der Waals surface area contributed by atoms with Gasteiger partial charge in [0.15, 0.2) is 0 Å². The van der Waals surface area contributed by atoms with Gasteiger partial charge in [-0.3, -0.25) is 4.68 Å². The average molecular weight is 213 g/mol. The van der Waals surface area contributed by atoms with E-state index in [0.717, 1.165) is 18.7 Å². The van der Waals surface area contributed by atoms with Gasteiger partial charge in [0.05, 0.1) is 6.20 Å². The molecular weight excluding hydrogens is 194 g/mol. The third-order valence-electron chi connectivity index (χ3n) is 2.28. The number of rotatable bonds is 5. The highest BCUT2D eigenvalue weighted by molar-refractivity contribution is 7.99. The Hall–Kier alpha value is -0.480. The first-order valence-electron chi connectivity index (χ1n) is 4.85. The van der Waals surface area contributed by atoms with Gasteiger partial charge in [-0.2, -0.15) is 5.10 Å². The Bertz CT molecular complexity index is 281. The van der Waals surface area contributed by atoms with Gasteiger partial charge in [0.2, 0.25) is 0 Å². The SMILES string of the molecule is Cn1cc(SCCC(C)(C)CN)cn1. The fourth-order valence-electron chi connectivity index (χ4n) is 1.02. The van der Waals surface area contributed by atoms with Gasteiger partial charge < -0.3 is 5.73 Å². The maximum atomic E-state index is 5.66. The molecule has 0 amide bonds. The Morgan fingerprint density at radius 1 is 1.57 bits per heavy atom. The van der Waals surface area contributed by atoms with Crippen LogP contribution in [-0.4, -0.2) is 22.1 Å². The van der Waals surface area contributed by atoms with Crippen molar-refractivity contribution in [2.45, 2.75) is 25.2 Å². The van der Waals surface area contributed by atoms with Crippen molar-refractivity contribution in [1.82, 2.24) is 9.78 Å². The van der Waals surface area contributed by atoms with E-state index < -0.39 is 0 Å². The summed E-state index contributed by atoms with van der Waals surface area (Å²) in [6.07, 6.45) is 5.09. The Kier molecular flexibility index (Phi) is 4.01. The Balaban J connectivity index is 2.28. The number of nitrogens with zero attached hydrogens (tertiary/aromatic N) is 2. The number of hydrogen-bond donors (Lipinski definition) is 1. The fraction of sp³-hybridized carbons (Fsp3) is 0.700. The van der Waals surface area contributed by atoms with E-state index in [9.17, 15) is 0 Å². The molecule has 1 rings (SSSR count). The Morgan fingerprint density at radius 2 is 2.29 bits per heavy atom. The largest absolute Gasteiger partial charge is 0.330 e. The zero-order valence-corrected chi connectivity index (χ0v) is 9.97. The molecule has 4 heteroatoms. The van der Waals surface area contributed by atoms with Gasteiger partial charge >= 0.3 is 0 Å². The van der Waals surface area contributed by atoms with Crippen LogP contribution in [0.1, 0.15) is 20.3 Å². The number of thioether (sulfide) groups is 1. The summed E-state index contributed by atoms with van der Waals surface area (Å²) >= 11 is 1.84. The summed E-state index contributed by atoms with van der Waals surface area (Å²) in [4.78, 5) is 1.24. The van der Waals surface area contributed by atoms with E-state index in [4.69, 9.17) is 5.73 Å². The van der Waals surface area contributed by atoms with Crippen LogP contribution in [0.3, 0.4) is 0 Å². The van der Waals surface area contributed by atoms with E-state index in [-0.39, 0.29) is 5.41 Å². The Morgan fingerprint density at radius 3 is 2.79 bits per heavy atom. The molecule has 0 aliphatic rings. The van der Waals surface area contributed by atoms with Gasteiger partial charge in [-0.15, -0.1) is 11.8 Å². The summed E-state index contributed by atoms with van der Waals surface area (Å²) in [7, 11) is 1.94. The van der Waals surface area contributed by atoms with Crippen LogP contribution in [0.25, 0.3) is 0 Å². The molecule has 0 aliphatic heterocycles. The molecule has 0 saturated heterocycles. The van der Waals surface area contributed by atoms with Gasteiger partial charge in [-0.05, 0) is 24.1 Å². The van der Waals surface area contributed by atoms with Crippen molar-refractivity contribution in [3.63, 3.8) is 0 Å². The quantitative estimate of drug-likeness (QED) is 0.760. The van der Waals surface area contributed by atoms with Crippen LogP contribution in [0, 0.1) is 5.41 Å². The lowest BCUT2D eigenvalue weighted by molar-refractivity contribution is 0.368. The first-order valence-corrected chi connectivity index (χ1v) is 5.83. The molecule has 0 saturated carbocycles. The second kappa shape index (κ2) is 4.84. The zero-order chi connectivity index (χ0) is 10.6. The zero-order valence-electron chi connectivity index (χ0n) is 9.16. The molecule has 0 aromatic carbocycles. The van der Waals surface area contributed by atoms with E-state index in [1.165, 1.54) is 4.90 Å². The van der Waals surface area contributed by atoms with Crippen molar-refractivity contribution in [3.05, 3.63) is 12.4 Å². The van der Waals surface area contributed by atoms with Crippen LogP contribution in [0.4, 0.5) is 0 Å². The van der Waals surface area contributed by atoms with Crippen molar-refractivity contribution in [1.29, 1.82) is 0 Å². The topological polar surface area (TPSA) is 43.8 Å². The number of aromatic nitrogens is 2. The van der Waals surface area contributed by atoms with Crippen molar-refractivity contribution in [2.24, 2.45) is 18.2 Å². The fourth-order valence-corrected chi connectivity index (χ4v) is 2.26. The maximum Gasteiger partial charge on any atom is 0.0625 e. The van der Waals surface area contributed by atoms with Crippen molar-refractivity contribution < 1.29 is 0 Å². The van der Waals surface area contributed by atoms with Gasteiger partial charge in [0.1, 0.15) is 0 Å². The average Bonchev–Trinajstić information content (AvgIpc) is 2.51. The van der Waals surface area contributed by atoms with Crippen LogP contribution in [0.5, 0.6) is 0 Å². The van der Waals surface area contributed by atoms with Gasteiger partial charge in [0, 0.05) is 18.1 Å². The lowest BCUT2D eigenvalue weighted by Crippen LogP contribution is -2.23. The van der Waals surface area contributed by atoms with E-state index >= 15 is 0 Å². The molecular formula is C10H19N3S. The van der Waals surface area contributed by atoms with Gasteiger partial charge in [0.25, 0.3) is 0 Å². The second-order valence-corrected chi connectivity index (χ2v) is 5.48. The minimum atomic E-state index is 0.259. The highest BCUT2D eigenvalue weighted by Gasteiger charge is 2.14. The minimum absolute atomic E-state index is 0.259. The molecule has 0 aliphatic carbocycles. The molecule has 1 heterocycles. The third-order valence-corrected chi connectivity index (χ3v) is 3.23. The third kappa shape index (κ3) is 3.72. The highest BCUT2D eigenvalue weighted by atomic mass is 32.2. The minimum Gasteiger partial charge on any atom is -0.330 e. The summed E-state index contributed by atoms with van der Waals surface area (Å²) < 4.78 is 1.83. The van der Waals surface area contributed by atoms with Crippen molar-refractivity contribution in [2.75, 3.05) is 12.3 Å². The molecule has 0 radical (unpaired) electrons. The summed E-state index contributed by atoms with van der Waals surface area (Å²) in [5.41, 5.74) is 5.92. The number of hydrogen-bond acceptors (Lipinski definition) is 3. The van der Waals surface area contributed by atoms with E-state index in [0.29, 0.717) is 0 Å². The van der Waals surface area contributed by atoms with Crippen molar-refractivity contribution >= 4 is 11.8 Å². The van der Waals surface area contributed by atoms with E-state index in [2.05, 4.69) is 18.9 Å². The Labute approximate surface area is 90.1 Å². The first kappa shape index (κ1) is 11.6. The number of nitrogens with two attached hydrogens (primary N) is 1. The molecule has 2 N–H and O–H groups in total. The molecule has 14 heavy (non-hydrogen) atoms. The molecule has 1 aromatic heterocycles. The molecule has 0 fully saturated rings. The predicted molar refractivity (Wildman–Crippen MR) is 61.4 cm³/mol. The van der Waals surface area contributed by atoms with Crippen LogP contribution >= 0.6 is 11.8 Å². The van der Waals surface area contributed by atoms with Crippen LogP contribution in [-0.2, 0) is 7.05 Å². The van der Waals surface area contributed by atoms with Gasteiger partial charge in [-0.25, -0.2) is 0 Å². The molecule has 0 spiro atoms. The molecule has 0 unspecified atom stereocenters. The first-order chi connectivity index (χ1) is 6.53. The highest BCUT2D eigenvalue weighted by Crippen LogP contribution is 2.24. The summed E-state index contributed by atoms with van der Waals surface area (Å²) in [5.74, 6) is 1.11. The monoisotopic (exact) mass is 213 g/mol. The molecule has 80 valence electrons. The van der Waals surface area contributed by atoms with Crippen molar-refractivity contribution in [3.8, 4) is 0 Å². The number of aryl methyl sites for hydroxylation is 1. The maximum absolute atomic E-state index is 5.66. The molecule has 0 atom stereocenters. The normalized spacial score (nSPS) is 12.0. The van der Waals surface area contributed by atoms with Gasteiger partial charge in [-0.1, -0.05) is 13.8 Å². The van der Waals surface area contributed by atoms with Crippen LogP contribution in [0.15, 0.2) is 17.3 Å². The van der Waals surface area contributed by atoms with E-state index in [1.54, 1.807) is 0 Å². The second-order valence-electron chi connectivity index (χ2n) is 4.32. The standard InChI is InChI=1S/C10H19N3S/c1-10(2,8-11)4-5-14-9-6-12-13(3)7-9/h6-7H,4-5,8,11H2,1-3H3. The smallest absolute Gasteiger partial charge is 0.0625 e. The lowest BCUT2D eigenvalue weighted by Gasteiger charge is -2.21. The molecule has 1 aromatic rings. The van der Waals surface area contributed by atoms with Crippen LogP contribution < -0.4 is 5.73 Å². The molecule has 0 bridgehead atoms. The lowest BCUT2D eigenvalue weighted by atomic mass is 9.91.